The summed E-state index contributed by atoms with van der Waals surface area (Å²) in [5.41, 5.74) is 4.85. The zero-order valence-corrected chi connectivity index (χ0v) is 10.6. The lowest BCUT2D eigenvalue weighted by Gasteiger charge is -2.25. The molecule has 1 amide bonds. The summed E-state index contributed by atoms with van der Waals surface area (Å²) >= 11 is 3.26. The molecule has 1 aliphatic heterocycles. The van der Waals surface area contributed by atoms with E-state index in [0.717, 1.165) is 5.06 Å². The van der Waals surface area contributed by atoms with E-state index in [2.05, 4.69) is 15.9 Å². The molecule has 0 bridgehead atoms. The second kappa shape index (κ2) is 4.40. The molecule has 86 valence electrons. The van der Waals surface area contributed by atoms with Crippen LogP contribution in [0.1, 0.15) is 20.8 Å². The van der Waals surface area contributed by atoms with Crippen LogP contribution in [0.4, 0.5) is 4.79 Å². The zero-order valence-electron chi connectivity index (χ0n) is 8.99. The Kier molecular flexibility index (Phi) is 3.62. The van der Waals surface area contributed by atoms with Gasteiger partial charge < -0.3 is 15.3 Å². The van der Waals surface area contributed by atoms with E-state index in [-0.39, 0.29) is 11.5 Å². The number of hydroxylamine groups is 2. The number of ether oxygens (including phenoxy) is 1. The third kappa shape index (κ3) is 3.39. The molecule has 0 aromatic rings. The Labute approximate surface area is 97.3 Å². The van der Waals surface area contributed by atoms with Gasteiger partial charge in [0, 0.05) is 0 Å². The van der Waals surface area contributed by atoms with Gasteiger partial charge in [-0.1, -0.05) is 15.9 Å². The van der Waals surface area contributed by atoms with Gasteiger partial charge in [-0.25, -0.2) is 4.79 Å². The topological polar surface area (TPSA) is 64.8 Å². The largest absolute Gasteiger partial charge is 0.445 e. The number of alkyl halides is 1. The minimum absolute atomic E-state index is 0.251. The number of halogens is 1. The van der Waals surface area contributed by atoms with E-state index in [9.17, 15) is 4.79 Å². The standard InChI is InChI=1S/C9H15BrN2O3/c1-9(2,3)14-8(13)12-7(10)4-6(5-11)15-12/h4,7H,5,11H2,1-3H3. The fraction of sp³-hybridized carbons (Fsp3) is 0.667. The first-order valence-electron chi connectivity index (χ1n) is 4.58. The Morgan fingerprint density at radius 2 is 2.33 bits per heavy atom. The SMILES string of the molecule is CC(C)(C)OC(=O)N1OC(CN)=CC1Br. The molecule has 1 rings (SSSR count). The summed E-state index contributed by atoms with van der Waals surface area (Å²) < 4.78 is 5.14. The molecule has 0 saturated heterocycles. The van der Waals surface area contributed by atoms with E-state index in [0.29, 0.717) is 5.76 Å². The maximum Gasteiger partial charge on any atom is 0.445 e. The van der Waals surface area contributed by atoms with Gasteiger partial charge in [0.1, 0.15) is 11.4 Å². The summed E-state index contributed by atoms with van der Waals surface area (Å²) in [6, 6.07) is 0. The molecule has 0 spiro atoms. The lowest BCUT2D eigenvalue weighted by Crippen LogP contribution is -2.37. The van der Waals surface area contributed by atoms with Crippen LogP contribution in [-0.2, 0) is 9.57 Å². The molecule has 1 atom stereocenters. The van der Waals surface area contributed by atoms with Crippen LogP contribution < -0.4 is 5.73 Å². The summed E-state index contributed by atoms with van der Waals surface area (Å²) in [5, 5.41) is 1.10. The average Bonchev–Trinajstić information content (AvgIpc) is 2.43. The minimum Gasteiger partial charge on any atom is -0.442 e. The fourth-order valence-electron chi connectivity index (χ4n) is 0.978. The van der Waals surface area contributed by atoms with Crippen LogP contribution in [0.5, 0.6) is 0 Å². The lowest BCUT2D eigenvalue weighted by molar-refractivity contribution is -0.0985. The number of carbonyl (C=O) groups excluding carboxylic acids is 1. The van der Waals surface area contributed by atoms with Crippen molar-refractivity contribution >= 4 is 22.0 Å². The number of nitrogens with two attached hydrogens (primary N) is 1. The van der Waals surface area contributed by atoms with E-state index < -0.39 is 11.7 Å². The van der Waals surface area contributed by atoms with Crippen LogP contribution >= 0.6 is 15.9 Å². The van der Waals surface area contributed by atoms with Gasteiger partial charge in [0.2, 0.25) is 0 Å². The smallest absolute Gasteiger partial charge is 0.442 e. The van der Waals surface area contributed by atoms with Gasteiger partial charge in [-0.05, 0) is 26.8 Å². The Balaban J connectivity index is 2.57. The molecular weight excluding hydrogens is 264 g/mol. The van der Waals surface area contributed by atoms with Gasteiger partial charge in [-0.2, -0.15) is 0 Å². The van der Waals surface area contributed by atoms with Crippen LogP contribution in [0.3, 0.4) is 0 Å². The van der Waals surface area contributed by atoms with Crippen molar-refractivity contribution < 1.29 is 14.4 Å². The number of rotatable bonds is 1. The molecule has 2 N–H and O–H groups in total. The number of amides is 1. The highest BCUT2D eigenvalue weighted by molar-refractivity contribution is 9.09. The summed E-state index contributed by atoms with van der Waals surface area (Å²) in [7, 11) is 0. The molecule has 1 unspecified atom stereocenters. The predicted octanol–water partition coefficient (Wildman–Crippen LogP) is 1.73. The molecule has 0 saturated carbocycles. The van der Waals surface area contributed by atoms with Crippen LogP contribution in [-0.4, -0.2) is 28.3 Å². The van der Waals surface area contributed by atoms with Gasteiger partial charge in [0.25, 0.3) is 0 Å². The molecule has 6 heteroatoms. The molecule has 1 heterocycles. The maximum absolute atomic E-state index is 11.6. The maximum atomic E-state index is 11.6. The van der Waals surface area contributed by atoms with Gasteiger partial charge in [-0.3, -0.25) is 0 Å². The van der Waals surface area contributed by atoms with Crippen molar-refractivity contribution in [1.29, 1.82) is 0 Å². The van der Waals surface area contributed by atoms with E-state index in [1.165, 1.54) is 0 Å². The van der Waals surface area contributed by atoms with Gasteiger partial charge in [0.15, 0.2) is 4.95 Å². The molecule has 15 heavy (non-hydrogen) atoms. The second-order valence-electron chi connectivity index (χ2n) is 4.11. The Morgan fingerprint density at radius 1 is 1.73 bits per heavy atom. The van der Waals surface area contributed by atoms with Crippen molar-refractivity contribution in [3.05, 3.63) is 11.8 Å². The molecule has 0 fully saturated rings. The highest BCUT2D eigenvalue weighted by Crippen LogP contribution is 2.24. The second-order valence-corrected chi connectivity index (χ2v) is 5.05. The summed E-state index contributed by atoms with van der Waals surface area (Å²) in [4.78, 5) is 16.5. The van der Waals surface area contributed by atoms with Crippen molar-refractivity contribution in [3.63, 3.8) is 0 Å². The van der Waals surface area contributed by atoms with Crippen molar-refractivity contribution in [2.75, 3.05) is 6.54 Å². The lowest BCUT2D eigenvalue weighted by atomic mass is 10.2. The van der Waals surface area contributed by atoms with Crippen molar-refractivity contribution in [1.82, 2.24) is 5.06 Å². The first-order chi connectivity index (χ1) is 6.83. The summed E-state index contributed by atoms with van der Waals surface area (Å²) in [5.74, 6) is 0.544. The molecule has 0 aliphatic carbocycles. The minimum atomic E-state index is -0.543. The highest BCUT2D eigenvalue weighted by Gasteiger charge is 2.32. The van der Waals surface area contributed by atoms with E-state index in [4.69, 9.17) is 15.3 Å². The quantitative estimate of drug-likeness (QED) is 0.586. The van der Waals surface area contributed by atoms with Crippen molar-refractivity contribution in [2.24, 2.45) is 5.73 Å². The number of carbonyl (C=O) groups is 1. The number of hydrogen-bond acceptors (Lipinski definition) is 4. The molecular formula is C9H15BrN2O3. The highest BCUT2D eigenvalue weighted by atomic mass is 79.9. The molecule has 0 aromatic heterocycles. The monoisotopic (exact) mass is 278 g/mol. The Bertz CT molecular complexity index is 286. The van der Waals surface area contributed by atoms with Gasteiger partial charge in [-0.15, -0.1) is 5.06 Å². The Morgan fingerprint density at radius 3 is 2.73 bits per heavy atom. The van der Waals surface area contributed by atoms with Crippen LogP contribution in [0.2, 0.25) is 0 Å². The van der Waals surface area contributed by atoms with Crippen LogP contribution in [0, 0.1) is 0 Å². The normalized spacial score (nSPS) is 21.0. The fourth-order valence-corrected chi connectivity index (χ4v) is 1.52. The van der Waals surface area contributed by atoms with Crippen LogP contribution in [0.15, 0.2) is 11.8 Å². The summed E-state index contributed by atoms with van der Waals surface area (Å²) in [6.07, 6.45) is 1.17. The zero-order chi connectivity index (χ0) is 11.6. The number of hydrogen-bond donors (Lipinski definition) is 1. The van der Waals surface area contributed by atoms with Crippen LogP contribution in [0.25, 0.3) is 0 Å². The first kappa shape index (κ1) is 12.3. The van der Waals surface area contributed by atoms with E-state index >= 15 is 0 Å². The molecule has 0 radical (unpaired) electrons. The third-order valence-corrected chi connectivity index (χ3v) is 2.17. The van der Waals surface area contributed by atoms with E-state index in [1.54, 1.807) is 26.8 Å². The predicted molar refractivity (Wildman–Crippen MR) is 59.0 cm³/mol. The van der Waals surface area contributed by atoms with E-state index in [1.807, 2.05) is 0 Å². The van der Waals surface area contributed by atoms with Crippen molar-refractivity contribution in [2.45, 2.75) is 31.3 Å². The number of nitrogens with zero attached hydrogens (tertiary/aromatic N) is 1. The van der Waals surface area contributed by atoms with Gasteiger partial charge >= 0.3 is 6.09 Å². The first-order valence-corrected chi connectivity index (χ1v) is 5.50. The molecule has 0 aromatic carbocycles. The molecule has 5 nitrogen and oxygen atoms in total. The Hall–Kier alpha value is -0.750. The average molecular weight is 279 g/mol. The van der Waals surface area contributed by atoms with Crippen molar-refractivity contribution in [3.8, 4) is 0 Å². The van der Waals surface area contributed by atoms with Gasteiger partial charge in [0.05, 0.1) is 6.54 Å². The third-order valence-electron chi connectivity index (χ3n) is 1.54. The molecule has 1 aliphatic rings. The summed E-state index contributed by atoms with van der Waals surface area (Å²) in [6.45, 7) is 5.63.